The van der Waals surface area contributed by atoms with E-state index in [-0.39, 0.29) is 23.3 Å². The number of phenols is 1. The molecule has 9 nitrogen and oxygen atoms in total. The Morgan fingerprint density at radius 3 is 2.46 bits per heavy atom. The van der Waals surface area contributed by atoms with Gasteiger partial charge in [-0.2, -0.15) is 0 Å². The molecule has 0 radical (unpaired) electrons. The monoisotopic (exact) mass is 484 g/mol. The van der Waals surface area contributed by atoms with E-state index in [0.717, 1.165) is 31.2 Å². The fraction of sp³-hybridized carbons (Fsp3) is 0.500. The number of hydrogen-bond acceptors (Lipinski definition) is 8. The summed E-state index contributed by atoms with van der Waals surface area (Å²) in [7, 11) is 3.22. The summed E-state index contributed by atoms with van der Waals surface area (Å²) in [4.78, 5) is 40.4. The minimum Gasteiger partial charge on any atom is -0.510 e. The molecule has 0 saturated heterocycles. The van der Waals surface area contributed by atoms with Crippen molar-refractivity contribution in [2.45, 2.75) is 57.1 Å². The second kappa shape index (κ2) is 8.80. The van der Waals surface area contributed by atoms with Gasteiger partial charge in [0.05, 0.1) is 11.6 Å². The van der Waals surface area contributed by atoms with Crippen molar-refractivity contribution in [3.63, 3.8) is 0 Å². The zero-order chi connectivity index (χ0) is 25.8. The molecule has 6 N–H and O–H groups in total. The van der Waals surface area contributed by atoms with Gasteiger partial charge in [-0.05, 0) is 62.9 Å². The van der Waals surface area contributed by atoms with Crippen LogP contribution < -0.4 is 5.73 Å². The number of nitrogens with two attached hydrogens (primary N) is 1. The molecule has 0 spiro atoms. The van der Waals surface area contributed by atoms with Gasteiger partial charge in [0.15, 0.2) is 11.4 Å². The molecule has 1 unspecified atom stereocenters. The van der Waals surface area contributed by atoms with E-state index in [1.54, 1.807) is 19.0 Å². The number of fused-ring (bicyclic) bond motifs is 3. The quantitative estimate of drug-likeness (QED) is 0.302. The summed E-state index contributed by atoms with van der Waals surface area (Å²) in [6.45, 7) is 2.10. The molecule has 1 amide bonds. The van der Waals surface area contributed by atoms with E-state index in [9.17, 15) is 34.8 Å². The van der Waals surface area contributed by atoms with Crippen molar-refractivity contribution in [3.05, 3.63) is 51.5 Å². The smallest absolute Gasteiger partial charge is 0.255 e. The van der Waals surface area contributed by atoms with Crippen LogP contribution in [0, 0.1) is 11.8 Å². The minimum atomic E-state index is -2.61. The zero-order valence-corrected chi connectivity index (χ0v) is 20.2. The topological polar surface area (TPSA) is 161 Å². The molecule has 188 valence electrons. The van der Waals surface area contributed by atoms with Gasteiger partial charge >= 0.3 is 0 Å². The number of benzene rings is 1. The van der Waals surface area contributed by atoms with Gasteiger partial charge in [0.1, 0.15) is 22.8 Å². The summed E-state index contributed by atoms with van der Waals surface area (Å²) in [6, 6.07) is 2.27. The Morgan fingerprint density at radius 2 is 1.86 bits per heavy atom. The Hall–Kier alpha value is -3.17. The highest BCUT2D eigenvalue weighted by Gasteiger charge is 2.63. The number of hydrogen-bond donors (Lipinski definition) is 5. The van der Waals surface area contributed by atoms with Gasteiger partial charge in [0.25, 0.3) is 5.91 Å². The number of carbonyl (C=O) groups excluding carboxylic acids is 3. The lowest BCUT2D eigenvalue weighted by Gasteiger charge is -2.50. The maximum atomic E-state index is 13.6. The van der Waals surface area contributed by atoms with Crippen LogP contribution in [0.25, 0.3) is 0 Å². The maximum absolute atomic E-state index is 13.6. The molecule has 0 saturated carbocycles. The summed E-state index contributed by atoms with van der Waals surface area (Å²) in [5.74, 6) is -6.32. The summed E-state index contributed by atoms with van der Waals surface area (Å²) in [6.07, 6.45) is 4.13. The average Bonchev–Trinajstić information content (AvgIpc) is 2.77. The largest absolute Gasteiger partial charge is 0.510 e. The van der Waals surface area contributed by atoms with Crippen LogP contribution >= 0.6 is 0 Å². The molecule has 1 aromatic rings. The third kappa shape index (κ3) is 3.56. The molecule has 0 aromatic heterocycles. The molecule has 4 atom stereocenters. The van der Waals surface area contributed by atoms with Gasteiger partial charge in [-0.1, -0.05) is 25.8 Å². The highest BCUT2D eigenvalue weighted by Crippen LogP contribution is 2.52. The van der Waals surface area contributed by atoms with Crippen molar-refractivity contribution >= 4 is 17.5 Å². The number of aromatic hydroxyl groups is 1. The number of carbonyl (C=O) groups is 3. The number of Topliss-reactive ketones (excluding diaryl/α,β-unsaturated/α-hetero) is 2. The number of amides is 1. The normalized spacial score (nSPS) is 28.2. The lowest BCUT2D eigenvalue weighted by atomic mass is 9.58. The van der Waals surface area contributed by atoms with E-state index in [1.165, 1.54) is 6.07 Å². The highest BCUT2D eigenvalue weighted by atomic mass is 16.3. The predicted octanol–water partition coefficient (Wildman–Crippen LogP) is 1.85. The van der Waals surface area contributed by atoms with Crippen LogP contribution in [0.1, 0.15) is 54.1 Å². The number of allylic oxidation sites excluding steroid dienone is 1. The molecule has 4 rings (SSSR count). The van der Waals surface area contributed by atoms with E-state index >= 15 is 0 Å². The highest BCUT2D eigenvalue weighted by molar-refractivity contribution is 6.24. The number of ketones is 2. The van der Waals surface area contributed by atoms with Crippen molar-refractivity contribution in [2.24, 2.45) is 17.6 Å². The molecule has 9 heteroatoms. The third-order valence-electron chi connectivity index (χ3n) is 7.75. The van der Waals surface area contributed by atoms with Crippen molar-refractivity contribution in [1.82, 2.24) is 4.90 Å². The summed E-state index contributed by atoms with van der Waals surface area (Å²) in [5.41, 5.74) is 3.51. The molecule has 0 fully saturated rings. The van der Waals surface area contributed by atoms with E-state index in [2.05, 4.69) is 6.92 Å². The molecule has 0 heterocycles. The number of aliphatic hydroxyl groups excluding tert-OH is 2. The fourth-order valence-corrected chi connectivity index (χ4v) is 6.11. The molecule has 0 bridgehead atoms. The second-order valence-corrected chi connectivity index (χ2v) is 10.0. The average molecular weight is 485 g/mol. The van der Waals surface area contributed by atoms with Gasteiger partial charge in [-0.25, -0.2) is 0 Å². The minimum absolute atomic E-state index is 0.0692. The molecular weight excluding hydrogens is 452 g/mol. The van der Waals surface area contributed by atoms with E-state index in [0.29, 0.717) is 12.0 Å². The van der Waals surface area contributed by atoms with Gasteiger partial charge < -0.3 is 26.2 Å². The molecule has 35 heavy (non-hydrogen) atoms. The first-order chi connectivity index (χ1) is 16.5. The van der Waals surface area contributed by atoms with E-state index in [1.807, 2.05) is 6.07 Å². The number of likely N-dealkylation sites (N-methyl/N-ethyl adjacent to an activating group) is 1. The first-order valence-electron chi connectivity index (χ1n) is 11.9. The van der Waals surface area contributed by atoms with Crippen LogP contribution in [0.4, 0.5) is 0 Å². The maximum Gasteiger partial charge on any atom is 0.255 e. The Balaban J connectivity index is 1.89. The number of rotatable bonds is 6. The van der Waals surface area contributed by atoms with Gasteiger partial charge in [-0.15, -0.1) is 0 Å². The van der Waals surface area contributed by atoms with Crippen molar-refractivity contribution < 1.29 is 34.8 Å². The first-order valence-corrected chi connectivity index (χ1v) is 11.9. The fourth-order valence-electron chi connectivity index (χ4n) is 6.11. The Labute approximate surface area is 203 Å². The van der Waals surface area contributed by atoms with E-state index < -0.39 is 58.0 Å². The molecule has 0 aliphatic heterocycles. The van der Waals surface area contributed by atoms with Crippen molar-refractivity contribution in [2.75, 3.05) is 14.1 Å². The van der Waals surface area contributed by atoms with Gasteiger partial charge in [-0.3, -0.25) is 19.3 Å². The molecule has 1 aromatic carbocycles. The third-order valence-corrected chi connectivity index (χ3v) is 7.75. The standard InChI is InChI=1S/C26H32N2O7/c1-4-5-6-7-12-8-9-16(29)18-14(12)10-13-11-15-20(28(2)3)22(31)19(25(27)34)24(33)26(15,35)23(32)17(13)21(18)30/h8-9,13,15,20,29,31-32,35H,4-7,10-11H2,1-3H3,(H2,27,34)/t13-,15+,20?,26+/m1/s1. The van der Waals surface area contributed by atoms with Crippen LogP contribution in [-0.2, 0) is 22.4 Å². The molecule has 3 aliphatic rings. The summed E-state index contributed by atoms with van der Waals surface area (Å²) in [5, 5.41) is 44.2. The SMILES string of the molecule is CCCCCc1ccc(O)c2c1C[C@@H]1C[C@H]3C(N(C)C)C(O)=C(C(N)=O)C(=O)[C@@]3(O)C(O)=C1C2=O. The number of aryl methyl sites for hydroxylation is 1. The van der Waals surface area contributed by atoms with Gasteiger partial charge in [0.2, 0.25) is 5.78 Å². The molecular formula is C26H32N2O7. The van der Waals surface area contributed by atoms with Crippen molar-refractivity contribution in [3.8, 4) is 5.75 Å². The van der Waals surface area contributed by atoms with Crippen LogP contribution in [0.2, 0.25) is 0 Å². The first kappa shape index (κ1) is 24.9. The Morgan fingerprint density at radius 1 is 1.17 bits per heavy atom. The Kier molecular flexibility index (Phi) is 6.27. The molecule has 3 aliphatic carbocycles. The second-order valence-electron chi connectivity index (χ2n) is 10.0. The number of aliphatic hydroxyl groups is 3. The van der Waals surface area contributed by atoms with Crippen LogP contribution in [0.3, 0.4) is 0 Å². The van der Waals surface area contributed by atoms with Crippen LogP contribution in [-0.4, -0.2) is 68.5 Å². The number of phenolic OH excluding ortho intramolecular Hbond substituents is 1. The lowest BCUT2D eigenvalue weighted by Crippen LogP contribution is -2.63. The summed E-state index contributed by atoms with van der Waals surface area (Å²) >= 11 is 0. The van der Waals surface area contributed by atoms with Gasteiger partial charge in [0, 0.05) is 11.5 Å². The van der Waals surface area contributed by atoms with Crippen molar-refractivity contribution in [1.29, 1.82) is 0 Å². The number of primary amides is 1. The summed E-state index contributed by atoms with van der Waals surface area (Å²) < 4.78 is 0. The predicted molar refractivity (Wildman–Crippen MR) is 127 cm³/mol. The van der Waals surface area contributed by atoms with Crippen LogP contribution in [0.15, 0.2) is 34.8 Å². The van der Waals surface area contributed by atoms with E-state index in [4.69, 9.17) is 5.73 Å². The Bertz CT molecular complexity index is 1180. The number of nitrogens with zero attached hydrogens (tertiary/aromatic N) is 1. The van der Waals surface area contributed by atoms with Crippen LogP contribution in [0.5, 0.6) is 5.75 Å². The lowest BCUT2D eigenvalue weighted by molar-refractivity contribution is -0.148. The zero-order valence-electron chi connectivity index (χ0n) is 20.2. The number of unbranched alkanes of at least 4 members (excludes halogenated alkanes) is 2.